The standard InChI is InChI=1S/C20H18Cl2FN3O2/c1-2-8-26(11-19(27)25-17-7-6-12(21)9-14(17)22)20(28)18-10-13-15(23)4-3-5-16(13)24-18/h3-7,9-10,24H,2,8,11H2,1H3,(H,25,27). The molecule has 0 bridgehead atoms. The summed E-state index contributed by atoms with van der Waals surface area (Å²) in [6, 6.07) is 10.8. The predicted molar refractivity (Wildman–Crippen MR) is 110 cm³/mol. The molecule has 28 heavy (non-hydrogen) atoms. The number of hydrogen-bond donors (Lipinski definition) is 2. The molecule has 0 atom stereocenters. The van der Waals surface area contributed by atoms with Crippen LogP contribution in [0.25, 0.3) is 10.9 Å². The molecule has 2 aromatic carbocycles. The van der Waals surface area contributed by atoms with E-state index < -0.39 is 11.7 Å². The van der Waals surface area contributed by atoms with Crippen LogP contribution in [0.2, 0.25) is 10.0 Å². The highest BCUT2D eigenvalue weighted by molar-refractivity contribution is 6.36. The highest BCUT2D eigenvalue weighted by atomic mass is 35.5. The lowest BCUT2D eigenvalue weighted by Crippen LogP contribution is -2.38. The Kier molecular flexibility index (Phi) is 6.21. The van der Waals surface area contributed by atoms with E-state index in [1.54, 1.807) is 24.3 Å². The molecule has 1 aromatic heterocycles. The number of aromatic amines is 1. The van der Waals surface area contributed by atoms with Gasteiger partial charge in [-0.2, -0.15) is 0 Å². The Morgan fingerprint density at radius 3 is 2.64 bits per heavy atom. The first kappa shape index (κ1) is 20.2. The molecule has 5 nitrogen and oxygen atoms in total. The second-order valence-electron chi connectivity index (χ2n) is 6.28. The first-order valence-electron chi connectivity index (χ1n) is 8.70. The molecule has 0 aliphatic carbocycles. The number of anilines is 1. The van der Waals surface area contributed by atoms with Crippen molar-refractivity contribution >= 4 is 51.6 Å². The van der Waals surface area contributed by atoms with Gasteiger partial charge in [-0.05, 0) is 42.8 Å². The van der Waals surface area contributed by atoms with Crippen LogP contribution in [-0.4, -0.2) is 34.8 Å². The van der Waals surface area contributed by atoms with E-state index in [4.69, 9.17) is 23.2 Å². The van der Waals surface area contributed by atoms with Gasteiger partial charge in [0.25, 0.3) is 5.91 Å². The van der Waals surface area contributed by atoms with E-state index in [1.165, 1.54) is 23.1 Å². The lowest BCUT2D eigenvalue weighted by molar-refractivity contribution is -0.116. The molecule has 0 spiro atoms. The molecule has 0 aliphatic rings. The number of carbonyl (C=O) groups excluding carboxylic acids is 2. The number of carbonyl (C=O) groups is 2. The number of fused-ring (bicyclic) bond motifs is 1. The summed E-state index contributed by atoms with van der Waals surface area (Å²) in [6.07, 6.45) is 0.662. The fourth-order valence-corrected chi connectivity index (χ4v) is 3.34. The summed E-state index contributed by atoms with van der Waals surface area (Å²) in [5.74, 6) is -1.19. The van der Waals surface area contributed by atoms with Crippen molar-refractivity contribution in [3.63, 3.8) is 0 Å². The number of amides is 2. The molecule has 0 saturated carbocycles. The Balaban J connectivity index is 1.77. The van der Waals surface area contributed by atoms with E-state index in [0.717, 1.165) is 0 Å². The lowest BCUT2D eigenvalue weighted by Gasteiger charge is -2.21. The average Bonchev–Trinajstić information content (AvgIpc) is 3.09. The number of H-pyrrole nitrogens is 1. The minimum Gasteiger partial charge on any atom is -0.350 e. The van der Waals surface area contributed by atoms with Crippen molar-refractivity contribution in [2.75, 3.05) is 18.4 Å². The SMILES string of the molecule is CCCN(CC(=O)Nc1ccc(Cl)cc1Cl)C(=O)c1cc2c(F)cccc2[nH]1. The van der Waals surface area contributed by atoms with Crippen molar-refractivity contribution in [2.24, 2.45) is 0 Å². The molecular formula is C20H18Cl2FN3O2. The van der Waals surface area contributed by atoms with E-state index in [1.807, 2.05) is 6.92 Å². The number of nitrogens with one attached hydrogen (secondary N) is 2. The number of rotatable bonds is 6. The minimum absolute atomic E-state index is 0.163. The molecule has 146 valence electrons. The zero-order valence-corrected chi connectivity index (χ0v) is 16.6. The maximum absolute atomic E-state index is 13.9. The van der Waals surface area contributed by atoms with Crippen LogP contribution in [0.3, 0.4) is 0 Å². The fourth-order valence-electron chi connectivity index (χ4n) is 2.88. The van der Waals surface area contributed by atoms with Crippen LogP contribution in [0.15, 0.2) is 42.5 Å². The topological polar surface area (TPSA) is 65.2 Å². The molecule has 0 fully saturated rings. The Bertz CT molecular complexity index is 1040. The quantitative estimate of drug-likeness (QED) is 0.580. The van der Waals surface area contributed by atoms with Crippen LogP contribution < -0.4 is 5.32 Å². The average molecular weight is 422 g/mol. The zero-order valence-electron chi connectivity index (χ0n) is 15.1. The first-order chi connectivity index (χ1) is 13.4. The molecular weight excluding hydrogens is 404 g/mol. The monoisotopic (exact) mass is 421 g/mol. The van der Waals surface area contributed by atoms with Gasteiger partial charge in [-0.15, -0.1) is 0 Å². The van der Waals surface area contributed by atoms with Gasteiger partial charge < -0.3 is 15.2 Å². The number of nitrogens with zero attached hydrogens (tertiary/aromatic N) is 1. The Labute approximate surface area is 171 Å². The van der Waals surface area contributed by atoms with Gasteiger partial charge in [0, 0.05) is 22.5 Å². The van der Waals surface area contributed by atoms with Crippen LogP contribution in [0.4, 0.5) is 10.1 Å². The summed E-state index contributed by atoms with van der Waals surface area (Å²) in [6.45, 7) is 2.11. The van der Waals surface area contributed by atoms with Gasteiger partial charge in [-0.3, -0.25) is 9.59 Å². The van der Waals surface area contributed by atoms with Crippen molar-refractivity contribution < 1.29 is 14.0 Å². The number of hydrogen-bond acceptors (Lipinski definition) is 2. The van der Waals surface area contributed by atoms with Crippen LogP contribution in [0.1, 0.15) is 23.8 Å². The molecule has 0 unspecified atom stereocenters. The zero-order chi connectivity index (χ0) is 20.3. The van der Waals surface area contributed by atoms with Gasteiger partial charge in [0.05, 0.1) is 10.7 Å². The van der Waals surface area contributed by atoms with E-state index in [2.05, 4.69) is 10.3 Å². The van der Waals surface area contributed by atoms with Crippen molar-refractivity contribution in [1.82, 2.24) is 9.88 Å². The third-order valence-electron chi connectivity index (χ3n) is 4.16. The molecule has 1 heterocycles. The van der Waals surface area contributed by atoms with Crippen LogP contribution in [0.5, 0.6) is 0 Å². The lowest BCUT2D eigenvalue weighted by atomic mass is 10.2. The largest absolute Gasteiger partial charge is 0.350 e. The van der Waals surface area contributed by atoms with Crippen molar-refractivity contribution in [2.45, 2.75) is 13.3 Å². The highest BCUT2D eigenvalue weighted by Crippen LogP contribution is 2.25. The maximum Gasteiger partial charge on any atom is 0.270 e. The van der Waals surface area contributed by atoms with E-state index in [9.17, 15) is 14.0 Å². The number of benzene rings is 2. The van der Waals surface area contributed by atoms with Crippen LogP contribution in [-0.2, 0) is 4.79 Å². The van der Waals surface area contributed by atoms with Gasteiger partial charge in [0.15, 0.2) is 0 Å². The summed E-state index contributed by atoms with van der Waals surface area (Å²) >= 11 is 11.9. The van der Waals surface area contributed by atoms with Crippen molar-refractivity contribution in [3.8, 4) is 0 Å². The third-order valence-corrected chi connectivity index (χ3v) is 4.71. The van der Waals surface area contributed by atoms with Crippen molar-refractivity contribution in [3.05, 3.63) is 64.0 Å². The van der Waals surface area contributed by atoms with E-state index in [0.29, 0.717) is 39.6 Å². The fraction of sp³-hybridized carbons (Fsp3) is 0.200. The van der Waals surface area contributed by atoms with E-state index >= 15 is 0 Å². The summed E-state index contributed by atoms with van der Waals surface area (Å²) in [7, 11) is 0. The van der Waals surface area contributed by atoms with Gasteiger partial charge >= 0.3 is 0 Å². The number of halogens is 3. The van der Waals surface area contributed by atoms with Gasteiger partial charge in [0.2, 0.25) is 5.91 Å². The van der Waals surface area contributed by atoms with Gasteiger partial charge in [0.1, 0.15) is 18.1 Å². The molecule has 2 N–H and O–H groups in total. The summed E-state index contributed by atoms with van der Waals surface area (Å²) in [5.41, 5.74) is 1.16. The maximum atomic E-state index is 13.9. The van der Waals surface area contributed by atoms with Crippen LogP contribution in [0, 0.1) is 5.82 Å². The van der Waals surface area contributed by atoms with Gasteiger partial charge in [-0.1, -0.05) is 36.2 Å². The Morgan fingerprint density at radius 2 is 1.96 bits per heavy atom. The molecule has 0 aliphatic heterocycles. The van der Waals surface area contributed by atoms with E-state index in [-0.39, 0.29) is 18.1 Å². The van der Waals surface area contributed by atoms with Crippen LogP contribution >= 0.6 is 23.2 Å². The molecule has 0 radical (unpaired) electrons. The summed E-state index contributed by atoms with van der Waals surface area (Å²) in [4.78, 5) is 29.6. The molecule has 8 heteroatoms. The normalized spacial score (nSPS) is 10.9. The van der Waals surface area contributed by atoms with Crippen molar-refractivity contribution in [1.29, 1.82) is 0 Å². The molecule has 3 rings (SSSR count). The third kappa shape index (κ3) is 4.46. The second-order valence-corrected chi connectivity index (χ2v) is 7.13. The molecule has 0 saturated heterocycles. The second kappa shape index (κ2) is 8.63. The molecule has 3 aromatic rings. The molecule has 2 amide bonds. The minimum atomic E-state index is -0.412. The predicted octanol–water partition coefficient (Wildman–Crippen LogP) is 5.10. The van der Waals surface area contributed by atoms with Gasteiger partial charge in [-0.25, -0.2) is 4.39 Å². The summed E-state index contributed by atoms with van der Waals surface area (Å²) in [5, 5.41) is 3.77. The number of aromatic nitrogens is 1. The highest BCUT2D eigenvalue weighted by Gasteiger charge is 2.21. The summed E-state index contributed by atoms with van der Waals surface area (Å²) < 4.78 is 13.9. The Hall–Kier alpha value is -2.57. The Morgan fingerprint density at radius 1 is 1.18 bits per heavy atom. The first-order valence-corrected chi connectivity index (χ1v) is 9.46. The smallest absolute Gasteiger partial charge is 0.270 e.